The van der Waals surface area contributed by atoms with Crippen LogP contribution in [0.25, 0.3) is 0 Å². The molecule has 2 aliphatic carbocycles. The highest BCUT2D eigenvalue weighted by Gasteiger charge is 2.31. The molecule has 0 aliphatic heterocycles. The summed E-state index contributed by atoms with van der Waals surface area (Å²) in [5.41, 5.74) is 9.47. The lowest BCUT2D eigenvalue weighted by Crippen LogP contribution is -2.32. The van der Waals surface area contributed by atoms with Crippen LogP contribution in [0.1, 0.15) is 55.4 Å². The summed E-state index contributed by atoms with van der Waals surface area (Å²) >= 11 is 17.9. The number of rotatable bonds is 2. The van der Waals surface area contributed by atoms with Crippen LogP contribution >= 0.6 is 34.8 Å². The Bertz CT molecular complexity index is 692. The number of H-pyrrole nitrogens is 1. The molecule has 5 nitrogen and oxygen atoms in total. The largest absolute Gasteiger partial charge is 0.396 e. The van der Waals surface area contributed by atoms with Crippen molar-refractivity contribution in [2.24, 2.45) is 16.9 Å². The number of aromatic nitrogens is 1. The summed E-state index contributed by atoms with van der Waals surface area (Å²) in [5.74, 6) is 1.05. The van der Waals surface area contributed by atoms with E-state index in [2.05, 4.69) is 15.5 Å². The Morgan fingerprint density at radius 2 is 1.83 bits per heavy atom. The van der Waals surface area contributed by atoms with Gasteiger partial charge in [-0.25, -0.2) is 5.43 Å². The Hall–Kier alpha value is -1.04. The zero-order valence-corrected chi connectivity index (χ0v) is 15.4. The Morgan fingerprint density at radius 1 is 1.12 bits per heavy atom. The molecule has 2 aliphatic rings. The van der Waals surface area contributed by atoms with Crippen molar-refractivity contribution < 1.29 is 9.78 Å². The molecule has 0 aromatic carbocycles. The molecule has 2 saturated carbocycles. The lowest BCUT2D eigenvalue weighted by atomic mass is 9.70. The number of nitrogens with zero attached hydrogens (tertiary/aromatic N) is 1. The average Bonchev–Trinajstić information content (AvgIpc) is 2.60. The molecule has 1 heterocycles. The van der Waals surface area contributed by atoms with Crippen LogP contribution in [0.2, 0.25) is 15.2 Å². The van der Waals surface area contributed by atoms with Gasteiger partial charge in [0.2, 0.25) is 0 Å². The number of halogens is 3. The molecule has 0 spiro atoms. The quantitative estimate of drug-likeness (QED) is 0.588. The van der Waals surface area contributed by atoms with E-state index >= 15 is 0 Å². The molecule has 3 rings (SSSR count). The maximum atomic E-state index is 12.3. The number of carbonyl (C=O) groups excluding carboxylic acids is 1. The lowest BCUT2D eigenvalue weighted by Gasteiger charge is -2.35. The molecule has 0 radical (unpaired) electrons. The molecule has 2 fully saturated rings. The SMILES string of the molecule is Nc1c(Cl)c(Cl)[nH+]c(C(=O)N/N=C2/CC[C@H]3CCCC[C@H]3C2)c1Cl. The third kappa shape index (κ3) is 3.63. The Labute approximate surface area is 155 Å². The van der Waals surface area contributed by atoms with Gasteiger partial charge in [0, 0.05) is 5.71 Å². The van der Waals surface area contributed by atoms with Gasteiger partial charge < -0.3 is 5.73 Å². The van der Waals surface area contributed by atoms with Crippen molar-refractivity contribution in [3.63, 3.8) is 0 Å². The minimum Gasteiger partial charge on any atom is -0.396 e. The van der Waals surface area contributed by atoms with E-state index < -0.39 is 5.91 Å². The number of hydrazone groups is 1. The Balaban J connectivity index is 1.69. The van der Waals surface area contributed by atoms with Crippen LogP contribution in [0.5, 0.6) is 0 Å². The molecule has 1 aromatic rings. The first-order valence-electron chi connectivity index (χ1n) is 8.18. The fourth-order valence-electron chi connectivity index (χ4n) is 3.70. The third-order valence-electron chi connectivity index (χ3n) is 5.03. The van der Waals surface area contributed by atoms with Crippen LogP contribution in [-0.4, -0.2) is 11.6 Å². The van der Waals surface area contributed by atoms with Gasteiger partial charge in [0.05, 0.1) is 5.69 Å². The Morgan fingerprint density at radius 3 is 2.58 bits per heavy atom. The van der Waals surface area contributed by atoms with Gasteiger partial charge in [-0.15, -0.1) is 0 Å². The fourth-order valence-corrected chi connectivity index (χ4v) is 4.32. The van der Waals surface area contributed by atoms with Crippen LogP contribution in [-0.2, 0) is 0 Å². The topological polar surface area (TPSA) is 81.6 Å². The standard InChI is InChI=1S/C16H19Cl3N4O/c17-11-13(20)12(18)15(19)21-14(11)16(24)23-22-10-6-5-8-3-1-2-4-9(8)7-10/h8-9H,1-7H2,(H2,20,21)(H,23,24)/p+1/b22-10-/t8-,9+/m1/s1. The van der Waals surface area contributed by atoms with Crippen molar-refractivity contribution >= 4 is 52.1 Å². The predicted octanol–water partition coefficient (Wildman–Crippen LogP) is 4.12. The van der Waals surface area contributed by atoms with E-state index in [0.717, 1.165) is 30.9 Å². The van der Waals surface area contributed by atoms with Gasteiger partial charge in [-0.1, -0.05) is 42.5 Å². The van der Waals surface area contributed by atoms with Crippen molar-refractivity contribution in [1.82, 2.24) is 5.43 Å². The first kappa shape index (κ1) is 17.8. The van der Waals surface area contributed by atoms with Gasteiger partial charge >= 0.3 is 5.91 Å². The third-order valence-corrected chi connectivity index (χ3v) is 6.20. The molecule has 24 heavy (non-hydrogen) atoms. The van der Waals surface area contributed by atoms with E-state index in [1.54, 1.807) is 0 Å². The summed E-state index contributed by atoms with van der Waals surface area (Å²) in [6, 6.07) is 0. The summed E-state index contributed by atoms with van der Waals surface area (Å²) in [6.45, 7) is 0. The van der Waals surface area contributed by atoms with E-state index in [4.69, 9.17) is 40.5 Å². The second kappa shape index (κ2) is 7.46. The summed E-state index contributed by atoms with van der Waals surface area (Å²) in [7, 11) is 0. The average molecular weight is 391 g/mol. The van der Waals surface area contributed by atoms with Gasteiger partial charge in [0.15, 0.2) is 0 Å². The lowest BCUT2D eigenvalue weighted by molar-refractivity contribution is -0.379. The molecule has 1 amide bonds. The van der Waals surface area contributed by atoms with Gasteiger partial charge in [0.25, 0.3) is 10.8 Å². The van der Waals surface area contributed by atoms with E-state index in [1.165, 1.54) is 25.7 Å². The monoisotopic (exact) mass is 389 g/mol. The smallest absolute Gasteiger partial charge is 0.337 e. The zero-order valence-electron chi connectivity index (χ0n) is 13.2. The van der Waals surface area contributed by atoms with Gasteiger partial charge in [-0.05, 0) is 49.1 Å². The summed E-state index contributed by atoms with van der Waals surface area (Å²) in [5, 5.41) is 4.50. The van der Waals surface area contributed by atoms with Crippen molar-refractivity contribution in [2.75, 3.05) is 5.73 Å². The van der Waals surface area contributed by atoms with Crippen molar-refractivity contribution in [1.29, 1.82) is 0 Å². The summed E-state index contributed by atoms with van der Waals surface area (Å²) < 4.78 is 0. The van der Waals surface area contributed by atoms with Crippen LogP contribution in [0.3, 0.4) is 0 Å². The van der Waals surface area contributed by atoms with E-state index in [0.29, 0.717) is 5.92 Å². The van der Waals surface area contributed by atoms with Gasteiger partial charge in [-0.2, -0.15) is 10.1 Å². The Kier molecular flexibility index (Phi) is 5.52. The molecule has 2 atom stereocenters. The number of hydrogen-bond donors (Lipinski definition) is 2. The van der Waals surface area contributed by atoms with Gasteiger partial charge in [0.1, 0.15) is 10.0 Å². The van der Waals surface area contributed by atoms with Crippen molar-refractivity contribution in [3.8, 4) is 0 Å². The zero-order chi connectivity index (χ0) is 17.3. The van der Waals surface area contributed by atoms with Crippen LogP contribution in [0.4, 0.5) is 5.69 Å². The number of nitrogens with two attached hydrogens (primary N) is 1. The van der Waals surface area contributed by atoms with E-state index in [-0.39, 0.29) is 26.6 Å². The van der Waals surface area contributed by atoms with Gasteiger partial charge in [-0.3, -0.25) is 4.79 Å². The van der Waals surface area contributed by atoms with Crippen LogP contribution in [0.15, 0.2) is 5.10 Å². The van der Waals surface area contributed by atoms with Crippen molar-refractivity contribution in [2.45, 2.75) is 44.9 Å². The summed E-state index contributed by atoms with van der Waals surface area (Å²) in [4.78, 5) is 15.0. The normalized spacial score (nSPS) is 25.4. The van der Waals surface area contributed by atoms with E-state index in [9.17, 15) is 4.79 Å². The molecular weight excluding hydrogens is 371 g/mol. The molecular formula is C16H20Cl3N4O+. The minimum atomic E-state index is -0.483. The van der Waals surface area contributed by atoms with Crippen LogP contribution in [0, 0.1) is 11.8 Å². The molecule has 4 N–H and O–H groups in total. The molecule has 0 bridgehead atoms. The minimum absolute atomic E-state index is 0.0399. The molecule has 8 heteroatoms. The number of pyridine rings is 1. The molecule has 130 valence electrons. The van der Waals surface area contributed by atoms with E-state index in [1.807, 2.05) is 0 Å². The predicted molar refractivity (Wildman–Crippen MR) is 96.6 cm³/mol. The molecule has 0 unspecified atom stereocenters. The number of hydrogen-bond acceptors (Lipinski definition) is 3. The first-order chi connectivity index (χ1) is 11.5. The highest BCUT2D eigenvalue weighted by atomic mass is 35.5. The van der Waals surface area contributed by atoms with Crippen molar-refractivity contribution in [3.05, 3.63) is 20.9 Å². The second-order valence-electron chi connectivity index (χ2n) is 6.52. The fraction of sp³-hybridized carbons (Fsp3) is 0.562. The maximum absolute atomic E-state index is 12.3. The molecule has 0 saturated heterocycles. The van der Waals surface area contributed by atoms with Crippen LogP contribution < -0.4 is 16.1 Å². The number of carbonyl (C=O) groups is 1. The second-order valence-corrected chi connectivity index (χ2v) is 7.66. The first-order valence-corrected chi connectivity index (χ1v) is 9.31. The maximum Gasteiger partial charge on any atom is 0.337 e. The number of anilines is 1. The number of aromatic amines is 1. The number of amides is 1. The molecule has 1 aromatic heterocycles. The highest BCUT2D eigenvalue weighted by molar-refractivity contribution is 6.45. The highest BCUT2D eigenvalue weighted by Crippen LogP contribution is 2.39. The number of nitrogens with one attached hydrogen (secondary N) is 2. The number of fused-ring (bicyclic) bond motifs is 1. The number of nitrogen functional groups attached to an aromatic ring is 1. The summed E-state index contributed by atoms with van der Waals surface area (Å²) in [6.07, 6.45) is 8.30.